The highest BCUT2D eigenvalue weighted by molar-refractivity contribution is 7.92. The van der Waals surface area contributed by atoms with Crippen molar-refractivity contribution in [3.05, 3.63) is 64.7 Å². The minimum Gasteiger partial charge on any atom is -0.348 e. The summed E-state index contributed by atoms with van der Waals surface area (Å²) >= 11 is 6.08. The first-order chi connectivity index (χ1) is 12.6. The van der Waals surface area contributed by atoms with E-state index in [9.17, 15) is 13.2 Å². The second kappa shape index (κ2) is 8.76. The number of anilines is 1. The molecule has 2 aromatic carbocycles. The van der Waals surface area contributed by atoms with E-state index >= 15 is 0 Å². The number of carbonyl (C=O) groups excluding carboxylic acids is 1. The molecule has 1 N–H and O–H groups in total. The van der Waals surface area contributed by atoms with E-state index in [1.807, 2.05) is 37.3 Å². The van der Waals surface area contributed by atoms with Gasteiger partial charge in [-0.25, -0.2) is 8.42 Å². The molecule has 0 fully saturated rings. The van der Waals surface area contributed by atoms with Crippen LogP contribution in [0, 0.1) is 6.92 Å². The number of nitrogens with zero attached hydrogens (tertiary/aromatic N) is 1. The second-order valence-electron chi connectivity index (χ2n) is 6.55. The number of halogens is 1. The fourth-order valence-electron chi connectivity index (χ4n) is 2.99. The van der Waals surface area contributed by atoms with Crippen molar-refractivity contribution < 1.29 is 13.2 Å². The molecule has 0 aliphatic rings. The largest absolute Gasteiger partial charge is 0.348 e. The maximum atomic E-state index is 13.0. The summed E-state index contributed by atoms with van der Waals surface area (Å²) in [5, 5.41) is 3.34. The van der Waals surface area contributed by atoms with E-state index in [0.29, 0.717) is 17.1 Å². The lowest BCUT2D eigenvalue weighted by Crippen LogP contribution is -2.50. The van der Waals surface area contributed by atoms with Gasteiger partial charge < -0.3 is 5.32 Å². The van der Waals surface area contributed by atoms with Crippen LogP contribution in [0.3, 0.4) is 0 Å². The molecule has 2 atom stereocenters. The number of rotatable bonds is 7. The van der Waals surface area contributed by atoms with Gasteiger partial charge in [0.25, 0.3) is 0 Å². The Bertz CT molecular complexity index is 901. The number of hydrogen-bond donors (Lipinski definition) is 1. The first-order valence-electron chi connectivity index (χ1n) is 8.76. The van der Waals surface area contributed by atoms with Crippen molar-refractivity contribution >= 4 is 33.2 Å². The minimum absolute atomic E-state index is 0.241. The molecule has 0 unspecified atom stereocenters. The van der Waals surface area contributed by atoms with Crippen molar-refractivity contribution in [2.45, 2.75) is 39.3 Å². The highest BCUT2D eigenvalue weighted by Gasteiger charge is 2.33. The van der Waals surface area contributed by atoms with Crippen LogP contribution in [-0.4, -0.2) is 26.6 Å². The van der Waals surface area contributed by atoms with E-state index in [-0.39, 0.29) is 11.9 Å². The van der Waals surface area contributed by atoms with Gasteiger partial charge in [0.15, 0.2) is 0 Å². The minimum atomic E-state index is -3.70. The number of aryl methyl sites for hydroxylation is 1. The van der Waals surface area contributed by atoms with Crippen LogP contribution in [0.2, 0.25) is 5.02 Å². The van der Waals surface area contributed by atoms with Gasteiger partial charge in [-0.2, -0.15) is 0 Å². The monoisotopic (exact) mass is 408 g/mol. The van der Waals surface area contributed by atoms with Gasteiger partial charge in [0.2, 0.25) is 15.9 Å². The number of nitrogens with one attached hydrogen (secondary N) is 1. The van der Waals surface area contributed by atoms with E-state index in [0.717, 1.165) is 17.4 Å². The zero-order chi connectivity index (χ0) is 20.2. The van der Waals surface area contributed by atoms with Gasteiger partial charge >= 0.3 is 0 Å². The van der Waals surface area contributed by atoms with E-state index in [1.54, 1.807) is 32.0 Å². The van der Waals surface area contributed by atoms with Crippen LogP contribution in [-0.2, 0) is 14.8 Å². The highest BCUT2D eigenvalue weighted by atomic mass is 35.5. The van der Waals surface area contributed by atoms with E-state index in [1.165, 1.54) is 4.31 Å². The Morgan fingerprint density at radius 1 is 1.19 bits per heavy atom. The Morgan fingerprint density at radius 2 is 1.81 bits per heavy atom. The van der Waals surface area contributed by atoms with Crippen LogP contribution < -0.4 is 9.62 Å². The normalized spacial score (nSPS) is 13.7. The summed E-state index contributed by atoms with van der Waals surface area (Å²) < 4.78 is 26.3. The molecule has 0 saturated heterocycles. The van der Waals surface area contributed by atoms with Gasteiger partial charge in [-0.15, -0.1) is 0 Å². The molecule has 2 rings (SSSR count). The summed E-state index contributed by atoms with van der Waals surface area (Å²) in [6.45, 7) is 5.45. The van der Waals surface area contributed by atoms with Crippen molar-refractivity contribution in [3.63, 3.8) is 0 Å². The van der Waals surface area contributed by atoms with Crippen molar-refractivity contribution in [3.8, 4) is 0 Å². The van der Waals surface area contributed by atoms with Crippen molar-refractivity contribution in [2.75, 3.05) is 10.6 Å². The summed E-state index contributed by atoms with van der Waals surface area (Å²) in [6, 6.07) is 13.4. The number of benzene rings is 2. The third kappa shape index (κ3) is 5.23. The molecule has 0 aliphatic carbocycles. The lowest BCUT2D eigenvalue weighted by atomic mass is 10.1. The zero-order valence-corrected chi connectivity index (χ0v) is 17.5. The van der Waals surface area contributed by atoms with Gasteiger partial charge in [0, 0.05) is 5.02 Å². The van der Waals surface area contributed by atoms with Crippen molar-refractivity contribution in [1.29, 1.82) is 0 Å². The summed E-state index contributed by atoms with van der Waals surface area (Å²) in [6.07, 6.45) is 1.43. The van der Waals surface area contributed by atoms with Gasteiger partial charge in [0.1, 0.15) is 6.04 Å². The third-order valence-electron chi connectivity index (χ3n) is 4.40. The molecule has 27 heavy (non-hydrogen) atoms. The molecule has 2 aromatic rings. The Hall–Kier alpha value is -2.05. The number of hydrogen-bond acceptors (Lipinski definition) is 3. The molecule has 7 heteroatoms. The van der Waals surface area contributed by atoms with Crippen LogP contribution in [0.5, 0.6) is 0 Å². The molecule has 0 bridgehead atoms. The fraction of sp³-hybridized carbons (Fsp3) is 0.350. The Morgan fingerprint density at radius 3 is 2.37 bits per heavy atom. The maximum absolute atomic E-state index is 13.0. The lowest BCUT2D eigenvalue weighted by Gasteiger charge is -2.32. The molecule has 5 nitrogen and oxygen atoms in total. The van der Waals surface area contributed by atoms with Gasteiger partial charge in [0.05, 0.1) is 18.0 Å². The molecular weight excluding hydrogens is 384 g/mol. The van der Waals surface area contributed by atoms with Crippen LogP contribution in [0.15, 0.2) is 48.5 Å². The number of sulfonamides is 1. The van der Waals surface area contributed by atoms with Crippen LogP contribution in [0.25, 0.3) is 0 Å². The third-order valence-corrected chi connectivity index (χ3v) is 5.80. The molecular formula is C20H25ClN2O3S. The quantitative estimate of drug-likeness (QED) is 0.750. The molecule has 0 aromatic heterocycles. The average Bonchev–Trinajstić information content (AvgIpc) is 2.61. The molecule has 0 heterocycles. The van der Waals surface area contributed by atoms with Crippen LogP contribution in [0.4, 0.5) is 5.69 Å². The standard InChI is InChI=1S/C20H25ClN2O3S/c1-5-18(20(24)22-15(3)16-9-7-6-8-10-16)23(27(4,25)26)19-13-17(21)12-11-14(19)2/h6-13,15,18H,5H2,1-4H3,(H,22,24)/t15-,18+/m0/s1. The lowest BCUT2D eigenvalue weighted by molar-refractivity contribution is -0.122. The predicted molar refractivity (Wildman–Crippen MR) is 111 cm³/mol. The van der Waals surface area contributed by atoms with Crippen molar-refractivity contribution in [1.82, 2.24) is 5.32 Å². The summed E-state index contributed by atoms with van der Waals surface area (Å²) in [5.41, 5.74) is 2.09. The Balaban J connectivity index is 2.38. The fourth-order valence-corrected chi connectivity index (χ4v) is 4.42. The zero-order valence-electron chi connectivity index (χ0n) is 15.9. The van der Waals surface area contributed by atoms with Crippen LogP contribution in [0.1, 0.15) is 37.4 Å². The topological polar surface area (TPSA) is 66.5 Å². The predicted octanol–water partition coefficient (Wildman–Crippen LogP) is 4.07. The SMILES string of the molecule is CC[C@H](C(=O)N[C@@H](C)c1ccccc1)N(c1cc(Cl)ccc1C)S(C)(=O)=O. The number of carbonyl (C=O) groups is 1. The second-order valence-corrected chi connectivity index (χ2v) is 8.85. The van der Waals surface area contributed by atoms with Gasteiger partial charge in [-0.1, -0.05) is 54.9 Å². The van der Waals surface area contributed by atoms with Crippen molar-refractivity contribution in [2.24, 2.45) is 0 Å². The van der Waals surface area contributed by atoms with E-state index in [4.69, 9.17) is 11.6 Å². The summed E-state index contributed by atoms with van der Waals surface area (Å²) in [5.74, 6) is -0.348. The molecule has 0 saturated carbocycles. The molecule has 0 spiro atoms. The smallest absolute Gasteiger partial charge is 0.244 e. The van der Waals surface area contributed by atoms with Crippen LogP contribution >= 0.6 is 11.6 Å². The first kappa shape index (κ1) is 21.3. The summed E-state index contributed by atoms with van der Waals surface area (Å²) in [4.78, 5) is 13.0. The van der Waals surface area contributed by atoms with Gasteiger partial charge in [-0.05, 0) is 43.5 Å². The number of amides is 1. The molecule has 0 aliphatic heterocycles. The average molecular weight is 409 g/mol. The molecule has 1 amide bonds. The van der Waals surface area contributed by atoms with E-state index < -0.39 is 16.1 Å². The molecule has 0 radical (unpaired) electrons. The summed E-state index contributed by atoms with van der Waals surface area (Å²) in [7, 11) is -3.70. The first-order valence-corrected chi connectivity index (χ1v) is 11.0. The van der Waals surface area contributed by atoms with E-state index in [2.05, 4.69) is 5.32 Å². The Kier molecular flexibility index (Phi) is 6.89. The molecule has 146 valence electrons. The highest BCUT2D eigenvalue weighted by Crippen LogP contribution is 2.29. The maximum Gasteiger partial charge on any atom is 0.244 e. The Labute approximate surface area is 166 Å². The van der Waals surface area contributed by atoms with Gasteiger partial charge in [-0.3, -0.25) is 9.10 Å².